The lowest BCUT2D eigenvalue weighted by Crippen LogP contribution is -2.47. The summed E-state index contributed by atoms with van der Waals surface area (Å²) in [7, 11) is 0. The normalized spacial score (nSPS) is 30.7. The van der Waals surface area contributed by atoms with Crippen LogP contribution in [0.4, 0.5) is 5.95 Å². The fraction of sp³-hybridized carbons (Fsp3) is 0.724. The molecule has 0 amide bonds. The van der Waals surface area contributed by atoms with Gasteiger partial charge in [-0.1, -0.05) is 12.1 Å². The van der Waals surface area contributed by atoms with E-state index in [-0.39, 0.29) is 23.9 Å². The highest BCUT2D eigenvalue weighted by molar-refractivity contribution is 5.85. The second kappa shape index (κ2) is 8.79. The molecule has 4 heterocycles. The first kappa shape index (κ1) is 23.6. The van der Waals surface area contributed by atoms with Crippen LogP contribution in [0.2, 0.25) is 0 Å². The minimum Gasteiger partial charge on any atom is -0.477 e. The fourth-order valence-electron chi connectivity index (χ4n) is 7.54. The molecule has 198 valence electrons. The van der Waals surface area contributed by atoms with Crippen LogP contribution in [0, 0.1) is 18.3 Å². The monoisotopic (exact) mass is 506 g/mol. The number of anilines is 1. The topological polar surface area (TPSA) is 102 Å². The highest BCUT2D eigenvalue weighted by Crippen LogP contribution is 2.59. The number of aromatic carboxylic acids is 1. The van der Waals surface area contributed by atoms with Gasteiger partial charge in [0.25, 0.3) is 0 Å². The van der Waals surface area contributed by atoms with Crippen LogP contribution in [0.25, 0.3) is 0 Å². The van der Waals surface area contributed by atoms with Gasteiger partial charge in [-0.15, -0.1) is 0 Å². The maximum absolute atomic E-state index is 11.6. The fourth-order valence-corrected chi connectivity index (χ4v) is 7.54. The average molecular weight is 507 g/mol. The van der Waals surface area contributed by atoms with E-state index in [0.717, 1.165) is 25.0 Å². The van der Waals surface area contributed by atoms with E-state index < -0.39 is 5.97 Å². The van der Waals surface area contributed by atoms with Crippen molar-refractivity contribution in [3.05, 3.63) is 34.5 Å². The molecule has 8 nitrogen and oxygen atoms in total. The van der Waals surface area contributed by atoms with Crippen molar-refractivity contribution in [1.82, 2.24) is 15.1 Å². The Bertz CT molecular complexity index is 1190. The number of carboxylic acids is 1. The second-order valence-electron chi connectivity index (χ2n) is 12.7. The zero-order valence-electron chi connectivity index (χ0n) is 22.0. The summed E-state index contributed by atoms with van der Waals surface area (Å²) in [6.07, 6.45) is 13.4. The molecule has 0 aromatic carbocycles. The Kier molecular flexibility index (Phi) is 5.61. The first-order valence-corrected chi connectivity index (χ1v) is 14.4. The number of fused-ring (bicyclic) bond motifs is 2. The predicted octanol–water partition coefficient (Wildman–Crippen LogP) is 5.75. The summed E-state index contributed by atoms with van der Waals surface area (Å²) in [5.41, 5.74) is 3.86. The second-order valence-corrected chi connectivity index (χ2v) is 12.7. The number of hydrogen-bond donors (Lipinski definition) is 1. The lowest BCUT2D eigenvalue weighted by molar-refractivity contribution is 0.0126. The van der Waals surface area contributed by atoms with Crippen molar-refractivity contribution in [3.8, 4) is 0 Å². The molecule has 3 aliphatic carbocycles. The molecule has 2 aromatic rings. The zero-order valence-corrected chi connectivity index (χ0v) is 22.0. The maximum Gasteiger partial charge on any atom is 0.354 e. The predicted molar refractivity (Wildman–Crippen MR) is 137 cm³/mol. The molecule has 1 N–H and O–H groups in total. The van der Waals surface area contributed by atoms with Gasteiger partial charge in [-0.05, 0) is 95.0 Å². The Morgan fingerprint density at radius 2 is 1.89 bits per heavy atom. The minimum atomic E-state index is -1.01. The van der Waals surface area contributed by atoms with Crippen LogP contribution >= 0.6 is 0 Å². The highest BCUT2D eigenvalue weighted by Gasteiger charge is 2.48. The minimum absolute atomic E-state index is 0.0656. The Hall–Kier alpha value is -2.48. The molecule has 0 radical (unpaired) electrons. The summed E-state index contributed by atoms with van der Waals surface area (Å²) in [6, 6.07) is 2.06. The van der Waals surface area contributed by atoms with Crippen LogP contribution in [-0.2, 0) is 11.3 Å². The maximum atomic E-state index is 11.6. The highest BCUT2D eigenvalue weighted by atomic mass is 16.5. The summed E-state index contributed by atoms with van der Waals surface area (Å²) < 4.78 is 12.6. The third-order valence-electron chi connectivity index (χ3n) is 10.0. The third-order valence-corrected chi connectivity index (χ3v) is 10.0. The molecule has 1 spiro atoms. The van der Waals surface area contributed by atoms with Gasteiger partial charge in [0.05, 0.1) is 18.4 Å². The molecule has 2 aliphatic heterocycles. The molecular formula is C29H38N4O4. The molecular weight excluding hydrogens is 468 g/mol. The summed E-state index contributed by atoms with van der Waals surface area (Å²) >= 11 is 0. The molecule has 37 heavy (non-hydrogen) atoms. The van der Waals surface area contributed by atoms with E-state index in [2.05, 4.69) is 26.9 Å². The Morgan fingerprint density at radius 1 is 1.11 bits per heavy atom. The van der Waals surface area contributed by atoms with Gasteiger partial charge in [-0.2, -0.15) is 0 Å². The van der Waals surface area contributed by atoms with Crippen molar-refractivity contribution in [1.29, 1.82) is 0 Å². The van der Waals surface area contributed by atoms with Crippen LogP contribution in [0.15, 0.2) is 10.6 Å². The Labute approximate surface area is 218 Å². The molecule has 7 rings (SSSR count). The van der Waals surface area contributed by atoms with Gasteiger partial charge >= 0.3 is 5.97 Å². The number of piperidine rings is 1. The van der Waals surface area contributed by atoms with Crippen LogP contribution in [0.5, 0.6) is 0 Å². The van der Waals surface area contributed by atoms with Gasteiger partial charge in [0.1, 0.15) is 5.76 Å². The molecule has 2 saturated heterocycles. The van der Waals surface area contributed by atoms with E-state index in [4.69, 9.17) is 9.26 Å². The standard InChI is InChI=1S/C29H38N4O4/c1-16-11-20-13-21(14-24(16)33(20)28-30-17(2)12-23(31-28)27(34)35)36-15-22-25(32-37-26(22)19-3-4-19)18-5-7-29(8-6-18)9-10-29/h12,16,18-21,24H,3-11,13-15H2,1-2H3,(H,34,35). The van der Waals surface area contributed by atoms with E-state index in [1.807, 2.05) is 6.92 Å². The lowest BCUT2D eigenvalue weighted by Gasteiger charge is -2.39. The first-order valence-electron chi connectivity index (χ1n) is 14.4. The average Bonchev–Trinajstić information content (AvgIpc) is 3.80. The summed E-state index contributed by atoms with van der Waals surface area (Å²) in [5, 5.41) is 14.1. The number of aryl methyl sites for hydroxylation is 1. The van der Waals surface area contributed by atoms with Crippen molar-refractivity contribution in [3.63, 3.8) is 0 Å². The number of nitrogens with zero attached hydrogens (tertiary/aromatic N) is 4. The SMILES string of the molecule is Cc1cc(C(=O)O)nc(N2C3CC(OCc4c(C5CCC6(CC5)CC6)noc4C4CC4)CC2C(C)C3)n1. The van der Waals surface area contributed by atoms with E-state index >= 15 is 0 Å². The zero-order chi connectivity index (χ0) is 25.3. The Morgan fingerprint density at radius 3 is 2.57 bits per heavy atom. The van der Waals surface area contributed by atoms with E-state index in [0.29, 0.717) is 41.4 Å². The summed E-state index contributed by atoms with van der Waals surface area (Å²) in [6.45, 7) is 4.71. The number of hydrogen-bond acceptors (Lipinski definition) is 7. The number of carbonyl (C=O) groups is 1. The van der Waals surface area contributed by atoms with E-state index in [1.165, 1.54) is 68.7 Å². The molecule has 5 aliphatic rings. The summed E-state index contributed by atoms with van der Waals surface area (Å²) in [4.78, 5) is 22.9. The molecule has 2 aromatic heterocycles. The quantitative estimate of drug-likeness (QED) is 0.507. The smallest absolute Gasteiger partial charge is 0.354 e. The van der Waals surface area contributed by atoms with E-state index in [9.17, 15) is 9.90 Å². The lowest BCUT2D eigenvalue weighted by atomic mass is 9.77. The van der Waals surface area contributed by atoms with Crippen LogP contribution in [0.3, 0.4) is 0 Å². The number of ether oxygens (including phenoxy) is 1. The van der Waals surface area contributed by atoms with Gasteiger partial charge in [-0.25, -0.2) is 14.8 Å². The molecule has 4 atom stereocenters. The first-order chi connectivity index (χ1) is 17.9. The van der Waals surface area contributed by atoms with Crippen LogP contribution in [-0.4, -0.2) is 44.4 Å². The van der Waals surface area contributed by atoms with Crippen molar-refractivity contribution in [2.24, 2.45) is 11.3 Å². The van der Waals surface area contributed by atoms with Crippen molar-refractivity contribution in [2.45, 2.75) is 121 Å². The van der Waals surface area contributed by atoms with Gasteiger partial charge in [0.2, 0.25) is 5.95 Å². The van der Waals surface area contributed by atoms with Crippen LogP contribution < -0.4 is 4.90 Å². The van der Waals surface area contributed by atoms with Crippen LogP contribution in [0.1, 0.15) is 123 Å². The van der Waals surface area contributed by atoms with Gasteiger partial charge in [-0.3, -0.25) is 0 Å². The Balaban J connectivity index is 1.07. The van der Waals surface area contributed by atoms with Gasteiger partial charge < -0.3 is 19.3 Å². The van der Waals surface area contributed by atoms with Gasteiger partial charge in [0, 0.05) is 35.2 Å². The van der Waals surface area contributed by atoms with Crippen molar-refractivity contribution in [2.75, 3.05) is 4.90 Å². The molecule has 4 unspecified atom stereocenters. The molecule has 3 saturated carbocycles. The van der Waals surface area contributed by atoms with E-state index in [1.54, 1.807) is 0 Å². The molecule has 2 bridgehead atoms. The third kappa shape index (κ3) is 4.35. The van der Waals surface area contributed by atoms with Crippen molar-refractivity contribution < 1.29 is 19.2 Å². The summed E-state index contributed by atoms with van der Waals surface area (Å²) in [5.74, 6) is 2.16. The number of aromatic nitrogens is 3. The molecule has 5 fully saturated rings. The van der Waals surface area contributed by atoms with Crippen molar-refractivity contribution >= 4 is 11.9 Å². The largest absolute Gasteiger partial charge is 0.477 e. The number of rotatable bonds is 7. The van der Waals surface area contributed by atoms with Gasteiger partial charge in [0.15, 0.2) is 5.69 Å². The molecule has 8 heteroatoms. The number of carboxylic acid groups (broad SMARTS) is 1.